The van der Waals surface area contributed by atoms with Gasteiger partial charge >= 0.3 is 5.69 Å². The van der Waals surface area contributed by atoms with Gasteiger partial charge in [-0.05, 0) is 24.1 Å². The number of hydroxylamine groups is 2. The van der Waals surface area contributed by atoms with Gasteiger partial charge in [0, 0.05) is 42.7 Å². The Bertz CT molecular complexity index is 1500. The molecule has 11 heteroatoms. The van der Waals surface area contributed by atoms with Crippen molar-refractivity contribution < 1.29 is 14.7 Å². The summed E-state index contributed by atoms with van der Waals surface area (Å²) in [4.78, 5) is 53.5. The number of hydrogen-bond donors (Lipinski definition) is 2. The first-order chi connectivity index (χ1) is 15.9. The normalized spacial score (nSPS) is 16.3. The van der Waals surface area contributed by atoms with Gasteiger partial charge in [0.1, 0.15) is 23.2 Å². The van der Waals surface area contributed by atoms with E-state index in [2.05, 4.69) is 9.97 Å². The Morgan fingerprint density at radius 3 is 2.94 bits per heavy atom. The minimum Gasteiger partial charge on any atom is -0.389 e. The zero-order valence-corrected chi connectivity index (χ0v) is 19.0. The van der Waals surface area contributed by atoms with Crippen LogP contribution in [0.25, 0.3) is 21.3 Å². The lowest BCUT2D eigenvalue weighted by atomic mass is 10.1. The van der Waals surface area contributed by atoms with Gasteiger partial charge in [0.25, 0.3) is 11.5 Å². The minimum absolute atomic E-state index is 0.00974. The number of fused-ring (bicyclic) bond motifs is 2. The molecule has 5 heterocycles. The number of aromatic amines is 1. The van der Waals surface area contributed by atoms with E-state index in [9.17, 15) is 19.5 Å². The van der Waals surface area contributed by atoms with Crippen molar-refractivity contribution in [3.8, 4) is 0 Å². The number of nitrogens with zero attached hydrogens (tertiary/aromatic N) is 4. The van der Waals surface area contributed by atoms with E-state index in [1.54, 1.807) is 10.8 Å². The lowest BCUT2D eigenvalue weighted by Gasteiger charge is -2.15. The average Bonchev–Trinajstić information content (AvgIpc) is 3.52. The topological polar surface area (TPSA) is 122 Å². The Kier molecular flexibility index (Phi) is 5.39. The van der Waals surface area contributed by atoms with Crippen molar-refractivity contribution in [3.63, 3.8) is 0 Å². The number of aromatic nitrogens is 4. The molecule has 172 valence electrons. The second kappa shape index (κ2) is 8.25. The SMILES string of the molecule is CCCn1c(=O)n(C)c(=O)c2c(C(=O)N3CC(O)CO3)c(Cc3c[nH]c4ncccc34)sc21. The zero-order valence-electron chi connectivity index (χ0n) is 18.2. The summed E-state index contributed by atoms with van der Waals surface area (Å²) >= 11 is 1.27. The number of hydrogen-bond acceptors (Lipinski definition) is 7. The molecule has 1 unspecified atom stereocenters. The van der Waals surface area contributed by atoms with Crippen molar-refractivity contribution in [1.29, 1.82) is 0 Å². The summed E-state index contributed by atoms with van der Waals surface area (Å²) < 4.78 is 2.60. The van der Waals surface area contributed by atoms with E-state index in [-0.39, 0.29) is 24.1 Å². The fraction of sp³-hybridized carbons (Fsp3) is 0.364. The molecule has 0 saturated carbocycles. The Hall–Kier alpha value is -3.28. The zero-order chi connectivity index (χ0) is 23.3. The van der Waals surface area contributed by atoms with Gasteiger partial charge in [-0.2, -0.15) is 0 Å². The summed E-state index contributed by atoms with van der Waals surface area (Å²) in [6.45, 7) is 2.40. The van der Waals surface area contributed by atoms with Crippen molar-refractivity contribution in [1.82, 2.24) is 24.2 Å². The number of rotatable bonds is 5. The maximum Gasteiger partial charge on any atom is 0.331 e. The molecule has 1 atom stereocenters. The second-order valence-corrected chi connectivity index (χ2v) is 9.17. The maximum absolute atomic E-state index is 13.5. The van der Waals surface area contributed by atoms with E-state index in [1.807, 2.05) is 25.3 Å². The summed E-state index contributed by atoms with van der Waals surface area (Å²) in [6, 6.07) is 3.78. The predicted octanol–water partition coefficient (Wildman–Crippen LogP) is 1.39. The third-order valence-electron chi connectivity index (χ3n) is 5.82. The average molecular weight is 470 g/mol. The highest BCUT2D eigenvalue weighted by Gasteiger charge is 2.33. The van der Waals surface area contributed by atoms with Crippen LogP contribution in [0, 0.1) is 0 Å². The molecule has 4 aromatic heterocycles. The van der Waals surface area contributed by atoms with Crippen molar-refractivity contribution >= 4 is 38.5 Å². The van der Waals surface area contributed by atoms with Crippen LogP contribution < -0.4 is 11.2 Å². The number of aryl methyl sites for hydroxylation is 1. The van der Waals surface area contributed by atoms with E-state index in [4.69, 9.17) is 4.84 Å². The smallest absolute Gasteiger partial charge is 0.331 e. The first-order valence-electron chi connectivity index (χ1n) is 10.7. The lowest BCUT2D eigenvalue weighted by Crippen LogP contribution is -2.38. The highest BCUT2D eigenvalue weighted by atomic mass is 32.1. The minimum atomic E-state index is -0.789. The lowest BCUT2D eigenvalue weighted by molar-refractivity contribution is -0.0778. The van der Waals surface area contributed by atoms with Crippen LogP contribution in [-0.4, -0.2) is 54.4 Å². The Morgan fingerprint density at radius 2 is 2.21 bits per heavy atom. The summed E-state index contributed by atoms with van der Waals surface area (Å²) in [5.74, 6) is -0.496. The summed E-state index contributed by atoms with van der Waals surface area (Å²) in [5, 5.41) is 12.1. The van der Waals surface area contributed by atoms with Gasteiger partial charge in [0.2, 0.25) is 0 Å². The van der Waals surface area contributed by atoms with Crippen molar-refractivity contribution in [2.24, 2.45) is 7.05 Å². The standard InChI is InChI=1S/C22H23N5O5S/c1-3-7-26-21-17(19(29)25(2)22(26)31)16(20(30)27-10-13(28)11-32-27)15(33-21)8-12-9-24-18-14(12)5-4-6-23-18/h4-6,9,13,28H,3,7-8,10-11H2,1-2H3,(H,23,24). The first kappa shape index (κ1) is 21.6. The number of aliphatic hydroxyl groups is 1. The Balaban J connectivity index is 1.76. The van der Waals surface area contributed by atoms with Gasteiger partial charge in [-0.25, -0.2) is 14.8 Å². The molecule has 0 radical (unpaired) electrons. The number of carbonyl (C=O) groups excluding carboxylic acids is 1. The molecule has 0 spiro atoms. The molecule has 1 amide bonds. The molecule has 0 aromatic carbocycles. The van der Waals surface area contributed by atoms with E-state index >= 15 is 0 Å². The van der Waals surface area contributed by atoms with Gasteiger partial charge in [0.15, 0.2) is 0 Å². The van der Waals surface area contributed by atoms with Gasteiger partial charge in [-0.3, -0.25) is 23.6 Å². The summed E-state index contributed by atoms with van der Waals surface area (Å²) in [5.41, 5.74) is 0.931. The van der Waals surface area contributed by atoms with E-state index in [0.29, 0.717) is 29.1 Å². The molecule has 33 heavy (non-hydrogen) atoms. The molecule has 1 aliphatic rings. The van der Waals surface area contributed by atoms with E-state index < -0.39 is 23.3 Å². The number of thiophene rings is 1. The van der Waals surface area contributed by atoms with E-state index in [1.165, 1.54) is 18.4 Å². The second-order valence-electron chi connectivity index (χ2n) is 8.08. The third kappa shape index (κ3) is 3.48. The van der Waals surface area contributed by atoms with Crippen LogP contribution in [0.3, 0.4) is 0 Å². The number of aliphatic hydroxyl groups excluding tert-OH is 1. The molecule has 1 aliphatic heterocycles. The van der Waals surface area contributed by atoms with Crippen LogP contribution in [0.2, 0.25) is 0 Å². The maximum atomic E-state index is 13.5. The fourth-order valence-corrected chi connectivity index (χ4v) is 5.54. The van der Waals surface area contributed by atoms with Gasteiger partial charge in [-0.15, -0.1) is 11.3 Å². The highest BCUT2D eigenvalue weighted by Crippen LogP contribution is 2.33. The van der Waals surface area contributed by atoms with Crippen LogP contribution in [-0.2, 0) is 24.9 Å². The predicted molar refractivity (Wildman–Crippen MR) is 124 cm³/mol. The van der Waals surface area contributed by atoms with Gasteiger partial charge in [0.05, 0.1) is 17.5 Å². The number of nitrogens with one attached hydrogen (secondary N) is 1. The van der Waals surface area contributed by atoms with Crippen LogP contribution in [0.1, 0.15) is 34.1 Å². The van der Waals surface area contributed by atoms with Gasteiger partial charge in [-0.1, -0.05) is 6.92 Å². The summed E-state index contributed by atoms with van der Waals surface area (Å²) in [6.07, 6.45) is 3.80. The largest absolute Gasteiger partial charge is 0.389 e. The molecule has 5 rings (SSSR count). The molecular formula is C22H23N5O5S. The Morgan fingerprint density at radius 1 is 1.39 bits per heavy atom. The van der Waals surface area contributed by atoms with Crippen LogP contribution in [0.4, 0.5) is 0 Å². The van der Waals surface area contributed by atoms with Gasteiger partial charge < -0.3 is 10.1 Å². The molecule has 1 fully saturated rings. The quantitative estimate of drug-likeness (QED) is 0.455. The monoisotopic (exact) mass is 469 g/mol. The van der Waals surface area contributed by atoms with Crippen LogP contribution in [0.15, 0.2) is 34.1 Å². The number of β-amino-alcohol motifs (C(OH)–C–C–N with tert-alkyl or cyclic N) is 1. The number of pyridine rings is 1. The summed E-state index contributed by atoms with van der Waals surface area (Å²) in [7, 11) is 1.42. The molecular weight excluding hydrogens is 446 g/mol. The van der Waals surface area contributed by atoms with E-state index in [0.717, 1.165) is 26.2 Å². The highest BCUT2D eigenvalue weighted by molar-refractivity contribution is 7.19. The van der Waals surface area contributed by atoms with Crippen molar-refractivity contribution in [2.45, 2.75) is 32.4 Å². The molecule has 2 N–H and O–H groups in total. The first-order valence-corrected chi connectivity index (χ1v) is 11.5. The fourth-order valence-electron chi connectivity index (χ4n) is 4.22. The third-order valence-corrected chi connectivity index (χ3v) is 7.03. The molecule has 4 aromatic rings. The molecule has 10 nitrogen and oxygen atoms in total. The van der Waals surface area contributed by atoms with Crippen molar-refractivity contribution in [2.75, 3.05) is 13.2 Å². The number of carbonyl (C=O) groups is 1. The molecule has 0 aliphatic carbocycles. The molecule has 0 bridgehead atoms. The molecule has 1 saturated heterocycles. The van der Waals surface area contributed by atoms with Crippen molar-refractivity contribution in [3.05, 3.63) is 61.4 Å². The van der Waals surface area contributed by atoms with Crippen LogP contribution in [0.5, 0.6) is 0 Å². The number of H-pyrrole nitrogens is 1. The number of amides is 1. The van der Waals surface area contributed by atoms with Crippen LogP contribution >= 0.6 is 11.3 Å². The Labute approximate surface area is 191 Å².